The molecule has 0 bridgehead atoms. The summed E-state index contributed by atoms with van der Waals surface area (Å²) in [5.41, 5.74) is 2.05. The molecule has 1 fully saturated rings. The number of hydrogen-bond acceptors (Lipinski definition) is 7. The van der Waals surface area contributed by atoms with Crippen LogP contribution in [0.25, 0.3) is 0 Å². The van der Waals surface area contributed by atoms with Crippen molar-refractivity contribution >= 4 is 17.6 Å². The molecule has 0 aliphatic carbocycles. The summed E-state index contributed by atoms with van der Waals surface area (Å²) in [7, 11) is 0. The minimum absolute atomic E-state index is 0.200. The van der Waals surface area contributed by atoms with Gasteiger partial charge in [-0.1, -0.05) is 18.2 Å². The van der Waals surface area contributed by atoms with Crippen LogP contribution in [0, 0.1) is 0 Å². The van der Waals surface area contributed by atoms with Crippen LogP contribution in [-0.2, 0) is 24.4 Å². The molecule has 2 aliphatic rings. The normalized spacial score (nSPS) is 15.3. The van der Waals surface area contributed by atoms with Gasteiger partial charge in [-0.15, -0.1) is 0 Å². The number of nitrogens with one attached hydrogen (secondary N) is 2. The molecule has 6 rings (SSSR count). The molecule has 2 aromatic carbocycles. The third-order valence-corrected chi connectivity index (χ3v) is 6.62. The summed E-state index contributed by atoms with van der Waals surface area (Å²) in [6.07, 6.45) is 0. The highest BCUT2D eigenvalue weighted by atomic mass is 16.5. The Kier molecular flexibility index (Phi) is 6.63. The number of aromatic amines is 1. The predicted molar refractivity (Wildman–Crippen MR) is 138 cm³/mol. The van der Waals surface area contributed by atoms with E-state index in [1.54, 1.807) is 35.2 Å². The minimum Gasteiger partial charge on any atom is -0.457 e. The molecule has 0 unspecified atom stereocenters. The largest absolute Gasteiger partial charge is 0.457 e. The Morgan fingerprint density at radius 2 is 1.71 bits per heavy atom. The summed E-state index contributed by atoms with van der Waals surface area (Å²) in [4.78, 5) is 29.9. The standard InChI is InChI=1S/C28H27N5O5/c34-27(19-6-8-21(9-7-19)37-20-4-2-1-3-5-20)29-26-23-17-33(18-24(23)30-31-26)28(35)25-11-10-22(38-25)16-32-12-14-36-15-13-32/h1-11H,12-18H2,(H2,29,30,31,34). The second kappa shape index (κ2) is 10.5. The average Bonchev–Trinajstić information content (AvgIpc) is 3.68. The molecule has 0 spiro atoms. The van der Waals surface area contributed by atoms with Gasteiger partial charge in [0.2, 0.25) is 0 Å². The average molecular weight is 514 g/mol. The van der Waals surface area contributed by atoms with Gasteiger partial charge in [0.05, 0.1) is 38.5 Å². The number of carbonyl (C=O) groups excluding carboxylic acids is 2. The number of carbonyl (C=O) groups is 2. The van der Waals surface area contributed by atoms with Gasteiger partial charge >= 0.3 is 0 Å². The first-order valence-electron chi connectivity index (χ1n) is 12.5. The molecule has 2 aromatic heterocycles. The fraction of sp³-hybridized carbons (Fsp3) is 0.250. The van der Waals surface area contributed by atoms with Crippen LogP contribution < -0.4 is 10.1 Å². The molecule has 38 heavy (non-hydrogen) atoms. The van der Waals surface area contributed by atoms with Crippen LogP contribution in [-0.4, -0.2) is 58.1 Å². The number of nitrogens with zero attached hydrogens (tertiary/aromatic N) is 3. The van der Waals surface area contributed by atoms with Crippen molar-refractivity contribution in [2.24, 2.45) is 0 Å². The number of benzene rings is 2. The monoisotopic (exact) mass is 513 g/mol. The molecule has 1 saturated heterocycles. The lowest BCUT2D eigenvalue weighted by Gasteiger charge is -2.25. The highest BCUT2D eigenvalue weighted by Crippen LogP contribution is 2.29. The zero-order chi connectivity index (χ0) is 25.9. The summed E-state index contributed by atoms with van der Waals surface area (Å²) in [6.45, 7) is 4.44. The van der Waals surface area contributed by atoms with E-state index >= 15 is 0 Å². The first-order chi connectivity index (χ1) is 18.6. The number of rotatable bonds is 7. The number of hydrogen-bond donors (Lipinski definition) is 2. The summed E-state index contributed by atoms with van der Waals surface area (Å²) in [5, 5.41) is 10.1. The maximum Gasteiger partial charge on any atom is 0.290 e. The Hall–Kier alpha value is -4.41. The molecule has 0 atom stereocenters. The zero-order valence-electron chi connectivity index (χ0n) is 20.7. The number of ether oxygens (including phenoxy) is 2. The van der Waals surface area contributed by atoms with Crippen molar-refractivity contribution < 1.29 is 23.5 Å². The number of amides is 2. The summed E-state index contributed by atoms with van der Waals surface area (Å²) < 4.78 is 17.0. The summed E-state index contributed by atoms with van der Waals surface area (Å²) in [5.74, 6) is 2.32. The molecule has 2 aliphatic heterocycles. The topological polar surface area (TPSA) is 113 Å². The quantitative estimate of drug-likeness (QED) is 0.384. The van der Waals surface area contributed by atoms with Crippen LogP contribution >= 0.6 is 0 Å². The Morgan fingerprint density at radius 3 is 2.50 bits per heavy atom. The number of para-hydroxylation sites is 1. The molecule has 0 radical (unpaired) electrons. The second-order valence-electron chi connectivity index (χ2n) is 9.24. The van der Waals surface area contributed by atoms with E-state index in [1.807, 2.05) is 36.4 Å². The molecule has 10 heteroatoms. The molecule has 4 heterocycles. The smallest absolute Gasteiger partial charge is 0.290 e. The Balaban J connectivity index is 1.06. The molecule has 4 aromatic rings. The lowest BCUT2D eigenvalue weighted by atomic mass is 10.2. The SMILES string of the molecule is O=C(Nc1n[nH]c2c1CN(C(=O)c1ccc(CN3CCOCC3)o1)C2)c1ccc(Oc2ccccc2)cc1. The van der Waals surface area contributed by atoms with Crippen molar-refractivity contribution in [3.63, 3.8) is 0 Å². The fourth-order valence-electron chi connectivity index (χ4n) is 4.58. The lowest BCUT2D eigenvalue weighted by Crippen LogP contribution is -2.35. The van der Waals surface area contributed by atoms with E-state index in [4.69, 9.17) is 13.9 Å². The second-order valence-corrected chi connectivity index (χ2v) is 9.24. The van der Waals surface area contributed by atoms with E-state index in [1.165, 1.54) is 0 Å². The fourth-order valence-corrected chi connectivity index (χ4v) is 4.58. The van der Waals surface area contributed by atoms with Crippen LogP contribution in [0.15, 0.2) is 71.1 Å². The number of morpholine rings is 1. The van der Waals surface area contributed by atoms with Crippen LogP contribution in [0.3, 0.4) is 0 Å². The zero-order valence-corrected chi connectivity index (χ0v) is 20.7. The van der Waals surface area contributed by atoms with Gasteiger partial charge in [0.1, 0.15) is 17.3 Å². The van der Waals surface area contributed by atoms with Crippen molar-refractivity contribution in [1.82, 2.24) is 20.0 Å². The Morgan fingerprint density at radius 1 is 0.947 bits per heavy atom. The third-order valence-electron chi connectivity index (χ3n) is 6.62. The predicted octanol–water partition coefficient (Wildman–Crippen LogP) is 4.04. The first kappa shape index (κ1) is 24.0. The number of H-pyrrole nitrogens is 1. The summed E-state index contributed by atoms with van der Waals surface area (Å²) in [6, 6.07) is 19.9. The van der Waals surface area contributed by atoms with Gasteiger partial charge in [-0.25, -0.2) is 0 Å². The van der Waals surface area contributed by atoms with E-state index in [0.717, 1.165) is 35.9 Å². The Bertz CT molecular complexity index is 1420. The maximum absolute atomic E-state index is 13.1. The van der Waals surface area contributed by atoms with Gasteiger partial charge in [-0.2, -0.15) is 5.10 Å². The van der Waals surface area contributed by atoms with Gasteiger partial charge < -0.3 is 24.1 Å². The molecule has 194 valence electrons. The van der Waals surface area contributed by atoms with E-state index in [0.29, 0.717) is 55.7 Å². The molecular weight excluding hydrogens is 486 g/mol. The van der Waals surface area contributed by atoms with Crippen LogP contribution in [0.1, 0.15) is 37.9 Å². The van der Waals surface area contributed by atoms with Crippen molar-refractivity contribution in [3.8, 4) is 11.5 Å². The van der Waals surface area contributed by atoms with E-state index in [-0.39, 0.29) is 11.8 Å². The van der Waals surface area contributed by atoms with Crippen LogP contribution in [0.2, 0.25) is 0 Å². The first-order valence-corrected chi connectivity index (χ1v) is 12.5. The molecular formula is C28H27N5O5. The van der Waals surface area contributed by atoms with Crippen molar-refractivity contribution in [2.45, 2.75) is 19.6 Å². The van der Waals surface area contributed by atoms with Gasteiger partial charge in [0, 0.05) is 24.2 Å². The van der Waals surface area contributed by atoms with E-state index in [9.17, 15) is 9.59 Å². The molecule has 10 nitrogen and oxygen atoms in total. The van der Waals surface area contributed by atoms with Gasteiger partial charge in [0.25, 0.3) is 11.8 Å². The summed E-state index contributed by atoms with van der Waals surface area (Å²) >= 11 is 0. The molecule has 0 saturated carbocycles. The lowest BCUT2D eigenvalue weighted by molar-refractivity contribution is 0.0310. The van der Waals surface area contributed by atoms with Crippen molar-refractivity contribution in [2.75, 3.05) is 31.6 Å². The number of furan rings is 1. The van der Waals surface area contributed by atoms with E-state index < -0.39 is 0 Å². The Labute approximate surface area is 219 Å². The maximum atomic E-state index is 13.1. The van der Waals surface area contributed by atoms with Crippen molar-refractivity contribution in [3.05, 3.63) is 95.1 Å². The molecule has 2 amide bonds. The van der Waals surface area contributed by atoms with Crippen molar-refractivity contribution in [1.29, 1.82) is 0 Å². The number of aromatic nitrogens is 2. The third kappa shape index (κ3) is 5.17. The van der Waals surface area contributed by atoms with Gasteiger partial charge in [0.15, 0.2) is 11.6 Å². The van der Waals surface area contributed by atoms with Gasteiger partial charge in [-0.05, 0) is 48.5 Å². The van der Waals surface area contributed by atoms with E-state index in [2.05, 4.69) is 20.4 Å². The van der Waals surface area contributed by atoms with Gasteiger partial charge in [-0.3, -0.25) is 19.6 Å². The van der Waals surface area contributed by atoms with Crippen LogP contribution in [0.5, 0.6) is 11.5 Å². The molecule has 2 N–H and O–H groups in total. The van der Waals surface area contributed by atoms with Crippen LogP contribution in [0.4, 0.5) is 5.82 Å². The minimum atomic E-state index is -0.297. The number of anilines is 1. The highest BCUT2D eigenvalue weighted by molar-refractivity contribution is 6.04. The number of fused-ring (bicyclic) bond motifs is 1. The highest BCUT2D eigenvalue weighted by Gasteiger charge is 2.31.